The molecule has 1 aliphatic heterocycles. The van der Waals surface area contributed by atoms with Crippen molar-refractivity contribution in [2.45, 2.75) is 25.2 Å². The molecule has 1 aliphatic carbocycles. The third-order valence-corrected chi connectivity index (χ3v) is 5.21. The predicted octanol–water partition coefficient (Wildman–Crippen LogP) is 3.55. The largest absolute Gasteiger partial charge is 0.454 e. The summed E-state index contributed by atoms with van der Waals surface area (Å²) in [6, 6.07) is 9.41. The molecule has 1 amide bonds. The van der Waals surface area contributed by atoms with Gasteiger partial charge in [-0.25, -0.2) is 4.98 Å². The van der Waals surface area contributed by atoms with E-state index in [2.05, 4.69) is 26.2 Å². The number of ether oxygens (including phenoxy) is 2. The highest BCUT2D eigenvalue weighted by Gasteiger charge is 2.51. The third kappa shape index (κ3) is 2.47. The SMILES string of the molecule is Cc1nc(NC(=O)C2(c3ccc4c(c3)OCO4)CC2)ccc1Br. The van der Waals surface area contributed by atoms with Crippen LogP contribution in [0.3, 0.4) is 0 Å². The zero-order valence-electron chi connectivity index (χ0n) is 12.6. The van der Waals surface area contributed by atoms with E-state index in [4.69, 9.17) is 9.47 Å². The van der Waals surface area contributed by atoms with Crippen LogP contribution in [-0.4, -0.2) is 17.7 Å². The van der Waals surface area contributed by atoms with E-state index >= 15 is 0 Å². The van der Waals surface area contributed by atoms with Crippen molar-refractivity contribution in [1.29, 1.82) is 0 Å². The minimum atomic E-state index is -0.483. The molecule has 0 unspecified atom stereocenters. The minimum absolute atomic E-state index is 0.0226. The molecule has 0 spiro atoms. The second kappa shape index (κ2) is 5.23. The zero-order chi connectivity index (χ0) is 16.0. The number of aryl methyl sites for hydroxylation is 1. The lowest BCUT2D eigenvalue weighted by atomic mass is 9.94. The molecular weight excluding hydrogens is 360 g/mol. The molecule has 23 heavy (non-hydrogen) atoms. The van der Waals surface area contributed by atoms with E-state index in [0.717, 1.165) is 34.3 Å². The van der Waals surface area contributed by atoms with Gasteiger partial charge in [0.2, 0.25) is 12.7 Å². The molecule has 1 N–H and O–H groups in total. The normalized spacial score (nSPS) is 17.0. The van der Waals surface area contributed by atoms with E-state index in [-0.39, 0.29) is 12.7 Å². The molecule has 1 aromatic heterocycles. The predicted molar refractivity (Wildman–Crippen MR) is 88.8 cm³/mol. The Morgan fingerprint density at radius 1 is 1.22 bits per heavy atom. The Labute approximate surface area is 142 Å². The first-order chi connectivity index (χ1) is 11.1. The number of nitrogens with one attached hydrogen (secondary N) is 1. The van der Waals surface area contributed by atoms with E-state index in [1.807, 2.05) is 31.2 Å². The van der Waals surface area contributed by atoms with Gasteiger partial charge in [0.15, 0.2) is 11.5 Å². The Morgan fingerprint density at radius 2 is 2.00 bits per heavy atom. The average molecular weight is 375 g/mol. The van der Waals surface area contributed by atoms with Crippen LogP contribution in [-0.2, 0) is 10.2 Å². The number of rotatable bonds is 3. The fraction of sp³-hybridized carbons (Fsp3) is 0.294. The topological polar surface area (TPSA) is 60.5 Å². The first kappa shape index (κ1) is 14.5. The number of fused-ring (bicyclic) bond motifs is 1. The monoisotopic (exact) mass is 374 g/mol. The number of hydrogen-bond acceptors (Lipinski definition) is 4. The molecule has 4 rings (SSSR count). The standard InChI is InChI=1S/C17H15BrN2O3/c1-10-12(18)3-5-15(19-10)20-16(21)17(6-7-17)11-2-4-13-14(8-11)23-9-22-13/h2-5,8H,6-7,9H2,1H3,(H,19,20,21). The number of benzene rings is 1. The highest BCUT2D eigenvalue weighted by molar-refractivity contribution is 9.10. The van der Waals surface area contributed by atoms with Gasteiger partial charge in [-0.05, 0) is 65.5 Å². The number of nitrogens with zero attached hydrogens (tertiary/aromatic N) is 1. The molecule has 0 bridgehead atoms. The average Bonchev–Trinajstić information content (AvgIpc) is 3.22. The molecule has 2 aliphatic rings. The number of carbonyl (C=O) groups is 1. The van der Waals surface area contributed by atoms with Crippen LogP contribution < -0.4 is 14.8 Å². The summed E-state index contributed by atoms with van der Waals surface area (Å²) in [5.74, 6) is 1.99. The number of halogens is 1. The van der Waals surface area contributed by atoms with E-state index in [0.29, 0.717) is 11.6 Å². The molecule has 2 heterocycles. The Kier molecular flexibility index (Phi) is 3.30. The minimum Gasteiger partial charge on any atom is -0.454 e. The first-order valence-electron chi connectivity index (χ1n) is 7.43. The summed E-state index contributed by atoms with van der Waals surface area (Å²) >= 11 is 3.41. The number of carbonyl (C=O) groups excluding carboxylic acids is 1. The van der Waals surface area contributed by atoms with Gasteiger partial charge in [-0.3, -0.25) is 4.79 Å². The maximum Gasteiger partial charge on any atom is 0.236 e. The van der Waals surface area contributed by atoms with Crippen molar-refractivity contribution in [2.75, 3.05) is 12.1 Å². The summed E-state index contributed by atoms with van der Waals surface area (Å²) < 4.78 is 11.7. The van der Waals surface area contributed by atoms with Crippen LogP contribution in [0, 0.1) is 6.92 Å². The Morgan fingerprint density at radius 3 is 2.74 bits per heavy atom. The first-order valence-corrected chi connectivity index (χ1v) is 8.22. The van der Waals surface area contributed by atoms with Crippen LogP contribution in [0.2, 0.25) is 0 Å². The van der Waals surface area contributed by atoms with E-state index in [9.17, 15) is 4.79 Å². The van der Waals surface area contributed by atoms with Crippen LogP contribution in [0.5, 0.6) is 11.5 Å². The second-order valence-corrected chi connectivity index (χ2v) is 6.72. The molecule has 1 saturated carbocycles. The van der Waals surface area contributed by atoms with Gasteiger partial charge in [0, 0.05) is 4.47 Å². The maximum atomic E-state index is 12.8. The molecule has 0 atom stereocenters. The summed E-state index contributed by atoms with van der Waals surface area (Å²) in [7, 11) is 0. The van der Waals surface area contributed by atoms with Gasteiger partial charge >= 0.3 is 0 Å². The quantitative estimate of drug-likeness (QED) is 0.892. The number of aromatic nitrogens is 1. The summed E-state index contributed by atoms with van der Waals surface area (Å²) in [4.78, 5) is 17.1. The van der Waals surface area contributed by atoms with Crippen molar-refractivity contribution in [3.63, 3.8) is 0 Å². The van der Waals surface area contributed by atoms with Crippen molar-refractivity contribution >= 4 is 27.7 Å². The van der Waals surface area contributed by atoms with Gasteiger partial charge in [-0.2, -0.15) is 0 Å². The second-order valence-electron chi connectivity index (χ2n) is 5.87. The van der Waals surface area contributed by atoms with Crippen LogP contribution in [0.1, 0.15) is 24.1 Å². The summed E-state index contributed by atoms with van der Waals surface area (Å²) in [6.07, 6.45) is 1.65. The van der Waals surface area contributed by atoms with Gasteiger partial charge in [-0.1, -0.05) is 6.07 Å². The van der Waals surface area contributed by atoms with Crippen molar-refractivity contribution in [2.24, 2.45) is 0 Å². The molecule has 1 aromatic carbocycles. The van der Waals surface area contributed by atoms with Crippen molar-refractivity contribution < 1.29 is 14.3 Å². The molecule has 2 aromatic rings. The fourth-order valence-electron chi connectivity index (χ4n) is 2.82. The van der Waals surface area contributed by atoms with Crippen LogP contribution in [0.15, 0.2) is 34.8 Å². The summed E-state index contributed by atoms with van der Waals surface area (Å²) in [5, 5.41) is 2.94. The van der Waals surface area contributed by atoms with Crippen molar-refractivity contribution in [1.82, 2.24) is 4.98 Å². The van der Waals surface area contributed by atoms with Gasteiger partial charge in [-0.15, -0.1) is 0 Å². The van der Waals surface area contributed by atoms with Crippen molar-refractivity contribution in [3.8, 4) is 11.5 Å². The smallest absolute Gasteiger partial charge is 0.236 e. The van der Waals surface area contributed by atoms with Gasteiger partial charge in [0.1, 0.15) is 5.82 Å². The maximum absolute atomic E-state index is 12.8. The fourth-order valence-corrected chi connectivity index (χ4v) is 3.04. The lowest BCUT2D eigenvalue weighted by Crippen LogP contribution is -2.28. The Balaban J connectivity index is 1.59. The van der Waals surface area contributed by atoms with Crippen LogP contribution >= 0.6 is 15.9 Å². The molecular formula is C17H15BrN2O3. The molecule has 0 radical (unpaired) electrons. The zero-order valence-corrected chi connectivity index (χ0v) is 14.1. The molecule has 6 heteroatoms. The van der Waals surface area contributed by atoms with E-state index in [1.165, 1.54) is 0 Å². The van der Waals surface area contributed by atoms with Gasteiger partial charge < -0.3 is 14.8 Å². The third-order valence-electron chi connectivity index (χ3n) is 4.37. The number of pyridine rings is 1. The van der Waals surface area contributed by atoms with E-state index in [1.54, 1.807) is 6.07 Å². The highest BCUT2D eigenvalue weighted by atomic mass is 79.9. The lowest BCUT2D eigenvalue weighted by molar-refractivity contribution is -0.118. The van der Waals surface area contributed by atoms with Gasteiger partial charge in [0.05, 0.1) is 11.1 Å². The molecule has 5 nitrogen and oxygen atoms in total. The van der Waals surface area contributed by atoms with Crippen LogP contribution in [0.25, 0.3) is 0 Å². The highest BCUT2D eigenvalue weighted by Crippen LogP contribution is 2.51. The molecule has 118 valence electrons. The number of anilines is 1. The van der Waals surface area contributed by atoms with Gasteiger partial charge in [0.25, 0.3) is 0 Å². The van der Waals surface area contributed by atoms with Crippen LogP contribution in [0.4, 0.5) is 5.82 Å². The lowest BCUT2D eigenvalue weighted by Gasteiger charge is -2.16. The Hall–Kier alpha value is -2.08. The summed E-state index contributed by atoms with van der Waals surface area (Å²) in [5.41, 5.74) is 1.33. The number of amides is 1. The number of hydrogen-bond donors (Lipinski definition) is 1. The van der Waals surface area contributed by atoms with E-state index < -0.39 is 5.41 Å². The molecule has 0 saturated heterocycles. The van der Waals surface area contributed by atoms with Crippen molar-refractivity contribution in [3.05, 3.63) is 46.1 Å². The summed E-state index contributed by atoms with van der Waals surface area (Å²) in [6.45, 7) is 2.13. The Bertz CT molecular complexity index is 802. The molecule has 1 fully saturated rings.